The van der Waals surface area contributed by atoms with Gasteiger partial charge in [0.2, 0.25) is 5.91 Å². The molecule has 0 spiro atoms. The quantitative estimate of drug-likeness (QED) is 0.902. The highest BCUT2D eigenvalue weighted by molar-refractivity contribution is 5.83. The molecule has 0 saturated heterocycles. The molecule has 4 aliphatic rings. The van der Waals surface area contributed by atoms with Crippen LogP contribution in [-0.2, 0) is 18.4 Å². The lowest BCUT2D eigenvalue weighted by atomic mass is 9.49. The smallest absolute Gasteiger partial charge is 0.226 e. The fourth-order valence-electron chi connectivity index (χ4n) is 5.43. The SMILES string of the molecule is Cn1cccc1CNC(=O)C12CC3CC(CC(C3)C1)C2. The van der Waals surface area contributed by atoms with Gasteiger partial charge in [-0.3, -0.25) is 4.79 Å². The predicted octanol–water partition coefficient (Wildman–Crippen LogP) is 2.86. The summed E-state index contributed by atoms with van der Waals surface area (Å²) in [4.78, 5) is 12.8. The summed E-state index contributed by atoms with van der Waals surface area (Å²) in [5.74, 6) is 2.84. The molecule has 4 saturated carbocycles. The van der Waals surface area contributed by atoms with Crippen LogP contribution in [0.3, 0.4) is 0 Å². The van der Waals surface area contributed by atoms with E-state index in [0.29, 0.717) is 12.5 Å². The Hall–Kier alpha value is -1.25. The topological polar surface area (TPSA) is 34.0 Å². The molecule has 0 atom stereocenters. The minimum absolute atomic E-state index is 0.0140. The normalized spacial score (nSPS) is 38.1. The molecular formula is C17H24N2O. The first-order valence-electron chi connectivity index (χ1n) is 8.03. The van der Waals surface area contributed by atoms with Crippen LogP contribution in [-0.4, -0.2) is 10.5 Å². The Kier molecular flexibility index (Phi) is 2.73. The summed E-state index contributed by atoms with van der Waals surface area (Å²) in [6.45, 7) is 0.671. The number of nitrogens with zero attached hydrogens (tertiary/aromatic N) is 1. The van der Waals surface area contributed by atoms with Crippen LogP contribution in [0.4, 0.5) is 0 Å². The average Bonchev–Trinajstić information content (AvgIpc) is 2.80. The molecule has 3 nitrogen and oxygen atoms in total. The van der Waals surface area contributed by atoms with E-state index in [1.54, 1.807) is 0 Å². The van der Waals surface area contributed by atoms with Crippen molar-refractivity contribution in [2.75, 3.05) is 0 Å². The summed E-state index contributed by atoms with van der Waals surface area (Å²) in [7, 11) is 2.03. The molecule has 0 aliphatic heterocycles. The minimum atomic E-state index is -0.0140. The van der Waals surface area contributed by atoms with Gasteiger partial charge >= 0.3 is 0 Å². The lowest BCUT2D eigenvalue weighted by Crippen LogP contribution is -2.53. The van der Waals surface area contributed by atoms with Crippen LogP contribution in [0.1, 0.15) is 44.2 Å². The fourth-order valence-corrected chi connectivity index (χ4v) is 5.43. The average molecular weight is 272 g/mol. The number of aromatic nitrogens is 1. The maximum absolute atomic E-state index is 12.8. The van der Waals surface area contributed by atoms with E-state index in [2.05, 4.69) is 16.0 Å². The Labute approximate surface area is 120 Å². The molecule has 0 radical (unpaired) electrons. The maximum atomic E-state index is 12.8. The second-order valence-electron chi connectivity index (χ2n) is 7.49. The number of carbonyl (C=O) groups excluding carboxylic acids is 1. The minimum Gasteiger partial charge on any atom is -0.353 e. The van der Waals surface area contributed by atoms with Crippen LogP contribution in [0.25, 0.3) is 0 Å². The molecule has 0 unspecified atom stereocenters. The van der Waals surface area contributed by atoms with Gasteiger partial charge in [0.1, 0.15) is 0 Å². The molecule has 4 bridgehead atoms. The van der Waals surface area contributed by atoms with Crippen molar-refractivity contribution < 1.29 is 4.79 Å². The van der Waals surface area contributed by atoms with Gasteiger partial charge in [-0.05, 0) is 68.4 Å². The first-order valence-corrected chi connectivity index (χ1v) is 8.03. The molecule has 20 heavy (non-hydrogen) atoms. The molecular weight excluding hydrogens is 248 g/mol. The number of amides is 1. The fraction of sp³-hybridized carbons (Fsp3) is 0.706. The zero-order valence-electron chi connectivity index (χ0n) is 12.3. The number of hydrogen-bond donors (Lipinski definition) is 1. The van der Waals surface area contributed by atoms with E-state index in [-0.39, 0.29) is 5.41 Å². The van der Waals surface area contributed by atoms with Crippen molar-refractivity contribution in [1.29, 1.82) is 0 Å². The van der Waals surface area contributed by atoms with Crippen LogP contribution in [0.15, 0.2) is 18.3 Å². The molecule has 1 heterocycles. The van der Waals surface area contributed by atoms with Crippen molar-refractivity contribution in [3.8, 4) is 0 Å². The molecule has 1 amide bonds. The Bertz CT molecular complexity index is 496. The summed E-state index contributed by atoms with van der Waals surface area (Å²) in [5, 5.41) is 3.22. The highest BCUT2D eigenvalue weighted by atomic mass is 16.2. The second kappa shape index (κ2) is 4.37. The van der Waals surface area contributed by atoms with Gasteiger partial charge in [-0.25, -0.2) is 0 Å². The van der Waals surface area contributed by atoms with Crippen molar-refractivity contribution in [1.82, 2.24) is 9.88 Å². The predicted molar refractivity (Wildman–Crippen MR) is 77.9 cm³/mol. The van der Waals surface area contributed by atoms with Crippen LogP contribution in [0, 0.1) is 23.2 Å². The highest BCUT2D eigenvalue weighted by Gasteiger charge is 2.54. The lowest BCUT2D eigenvalue weighted by Gasteiger charge is -2.55. The summed E-state index contributed by atoms with van der Waals surface area (Å²) < 4.78 is 2.08. The van der Waals surface area contributed by atoms with Gasteiger partial charge in [0, 0.05) is 24.4 Å². The molecule has 4 fully saturated rings. The van der Waals surface area contributed by atoms with Gasteiger partial charge in [0.25, 0.3) is 0 Å². The lowest BCUT2D eigenvalue weighted by molar-refractivity contribution is -0.146. The molecule has 108 valence electrons. The van der Waals surface area contributed by atoms with E-state index in [1.807, 2.05) is 19.3 Å². The molecule has 3 heteroatoms. The van der Waals surface area contributed by atoms with E-state index in [0.717, 1.165) is 37.0 Å². The number of rotatable bonds is 3. The van der Waals surface area contributed by atoms with Crippen molar-refractivity contribution >= 4 is 5.91 Å². The summed E-state index contributed by atoms with van der Waals surface area (Å²) in [5.41, 5.74) is 1.17. The van der Waals surface area contributed by atoms with E-state index in [4.69, 9.17) is 0 Å². The molecule has 0 aromatic carbocycles. The van der Waals surface area contributed by atoms with E-state index in [1.165, 1.54) is 25.0 Å². The third-order valence-corrected chi connectivity index (χ3v) is 6.00. The van der Waals surface area contributed by atoms with Gasteiger partial charge in [0.15, 0.2) is 0 Å². The number of hydrogen-bond acceptors (Lipinski definition) is 1. The van der Waals surface area contributed by atoms with E-state index in [9.17, 15) is 4.79 Å². The van der Waals surface area contributed by atoms with Gasteiger partial charge in [-0.2, -0.15) is 0 Å². The molecule has 1 N–H and O–H groups in total. The monoisotopic (exact) mass is 272 g/mol. The standard InChI is InChI=1S/C17H24N2O/c1-19-4-2-3-15(19)11-18-16(20)17-8-12-5-13(9-17)7-14(6-12)10-17/h2-4,12-14H,5-11H2,1H3,(H,18,20). The molecule has 1 aromatic rings. The zero-order valence-corrected chi connectivity index (χ0v) is 12.3. The van der Waals surface area contributed by atoms with E-state index < -0.39 is 0 Å². The summed E-state index contributed by atoms with van der Waals surface area (Å²) in [6.07, 6.45) is 9.67. The number of carbonyl (C=O) groups is 1. The van der Waals surface area contributed by atoms with Gasteiger partial charge in [-0.1, -0.05) is 0 Å². The Morgan fingerprint density at radius 2 is 1.85 bits per heavy atom. The Morgan fingerprint density at radius 3 is 2.35 bits per heavy atom. The third-order valence-electron chi connectivity index (χ3n) is 6.00. The molecule has 4 aliphatic carbocycles. The summed E-state index contributed by atoms with van der Waals surface area (Å²) in [6, 6.07) is 4.12. The number of nitrogens with one attached hydrogen (secondary N) is 1. The van der Waals surface area contributed by atoms with Crippen molar-refractivity contribution in [2.24, 2.45) is 30.2 Å². The number of aryl methyl sites for hydroxylation is 1. The first-order chi connectivity index (χ1) is 9.64. The largest absolute Gasteiger partial charge is 0.353 e. The second-order valence-corrected chi connectivity index (χ2v) is 7.49. The molecule has 1 aromatic heterocycles. The van der Waals surface area contributed by atoms with Crippen LogP contribution in [0.5, 0.6) is 0 Å². The van der Waals surface area contributed by atoms with Gasteiger partial charge < -0.3 is 9.88 Å². The van der Waals surface area contributed by atoms with Crippen molar-refractivity contribution in [3.63, 3.8) is 0 Å². The van der Waals surface area contributed by atoms with Gasteiger partial charge in [0.05, 0.1) is 6.54 Å². The third kappa shape index (κ3) is 1.90. The van der Waals surface area contributed by atoms with Crippen molar-refractivity contribution in [3.05, 3.63) is 24.0 Å². The zero-order chi connectivity index (χ0) is 13.7. The van der Waals surface area contributed by atoms with Crippen LogP contribution >= 0.6 is 0 Å². The van der Waals surface area contributed by atoms with Crippen LogP contribution < -0.4 is 5.32 Å². The molecule has 5 rings (SSSR count). The Morgan fingerprint density at radius 1 is 1.25 bits per heavy atom. The Balaban J connectivity index is 1.47. The van der Waals surface area contributed by atoms with Gasteiger partial charge in [-0.15, -0.1) is 0 Å². The first kappa shape index (κ1) is 12.5. The summed E-state index contributed by atoms with van der Waals surface area (Å²) >= 11 is 0. The highest BCUT2D eigenvalue weighted by Crippen LogP contribution is 2.60. The van der Waals surface area contributed by atoms with E-state index >= 15 is 0 Å². The maximum Gasteiger partial charge on any atom is 0.226 e. The van der Waals surface area contributed by atoms with Crippen molar-refractivity contribution in [2.45, 2.75) is 45.1 Å². The van der Waals surface area contributed by atoms with Crippen LogP contribution in [0.2, 0.25) is 0 Å².